The minimum absolute atomic E-state index is 0.0685. The van der Waals surface area contributed by atoms with Gasteiger partial charge in [-0.25, -0.2) is 9.97 Å². The second kappa shape index (κ2) is 3.62. The monoisotopic (exact) mass is 257 g/mol. The van der Waals surface area contributed by atoms with Crippen LogP contribution in [0.3, 0.4) is 0 Å². The molecular weight excluding hydrogens is 246 g/mol. The van der Waals surface area contributed by atoms with Crippen LogP contribution in [0.4, 0.5) is 0 Å². The van der Waals surface area contributed by atoms with Gasteiger partial charge in [-0.3, -0.25) is 4.79 Å². The summed E-state index contributed by atoms with van der Waals surface area (Å²) < 4.78 is 0.683. The van der Waals surface area contributed by atoms with Gasteiger partial charge in [-0.1, -0.05) is 0 Å². The molecule has 0 radical (unpaired) electrons. The van der Waals surface area contributed by atoms with E-state index >= 15 is 0 Å². The molecule has 0 saturated carbocycles. The maximum Gasteiger partial charge on any atom is 0.268 e. The molecule has 0 saturated heterocycles. The minimum Gasteiger partial charge on any atom is -0.312 e. The fourth-order valence-electron chi connectivity index (χ4n) is 2.63. The molecule has 0 bridgehead atoms. The number of aryl methyl sites for hydroxylation is 2. The molecule has 0 atom stereocenters. The van der Waals surface area contributed by atoms with Gasteiger partial charge >= 0.3 is 0 Å². The number of aromatic amines is 1. The normalized spacial score (nSPS) is 15.1. The fourth-order valence-corrected chi connectivity index (χ4v) is 3.66. The molecule has 1 aliphatic rings. The number of hydrogen-bond donors (Lipinski definition) is 1. The van der Waals surface area contributed by atoms with Crippen molar-refractivity contribution in [3.63, 3.8) is 0 Å². The van der Waals surface area contributed by atoms with Crippen LogP contribution in [0.5, 0.6) is 0 Å². The second-order valence-corrected chi connectivity index (χ2v) is 5.66. The Balaban J connectivity index is 2.16. The molecule has 3 heterocycles. The van der Waals surface area contributed by atoms with Gasteiger partial charge in [0.05, 0.1) is 11.8 Å². The zero-order valence-electron chi connectivity index (χ0n) is 9.69. The zero-order valence-corrected chi connectivity index (χ0v) is 10.5. The van der Waals surface area contributed by atoms with E-state index in [4.69, 9.17) is 4.98 Å². The summed E-state index contributed by atoms with van der Waals surface area (Å²) in [7, 11) is 0. The van der Waals surface area contributed by atoms with Crippen molar-refractivity contribution in [3.8, 4) is 0 Å². The predicted molar refractivity (Wildman–Crippen MR) is 72.2 cm³/mol. The molecule has 0 aliphatic heterocycles. The first-order valence-corrected chi connectivity index (χ1v) is 6.93. The van der Waals surface area contributed by atoms with Gasteiger partial charge in [-0.15, -0.1) is 11.3 Å². The molecule has 3 aromatic rings. The smallest absolute Gasteiger partial charge is 0.268 e. The van der Waals surface area contributed by atoms with Crippen LogP contribution in [0.1, 0.15) is 24.1 Å². The van der Waals surface area contributed by atoms with Gasteiger partial charge < -0.3 is 4.98 Å². The summed E-state index contributed by atoms with van der Waals surface area (Å²) in [6, 6.07) is 2.18. The molecule has 1 aliphatic carbocycles. The predicted octanol–water partition coefficient (Wildman–Crippen LogP) is 2.41. The molecule has 90 valence electrons. The van der Waals surface area contributed by atoms with Crippen LogP contribution >= 0.6 is 11.3 Å². The van der Waals surface area contributed by atoms with Gasteiger partial charge in [-0.05, 0) is 37.3 Å². The van der Waals surface area contributed by atoms with E-state index < -0.39 is 0 Å². The Morgan fingerprint density at radius 1 is 1.28 bits per heavy atom. The van der Waals surface area contributed by atoms with Crippen LogP contribution < -0.4 is 5.56 Å². The van der Waals surface area contributed by atoms with E-state index in [1.807, 2.05) is 0 Å². The molecule has 4 rings (SSSR count). The van der Waals surface area contributed by atoms with Crippen molar-refractivity contribution in [1.82, 2.24) is 15.0 Å². The van der Waals surface area contributed by atoms with Gasteiger partial charge in [0.15, 0.2) is 0 Å². The Morgan fingerprint density at radius 3 is 3.11 bits per heavy atom. The molecule has 0 fully saturated rings. The maximum absolute atomic E-state index is 11.8. The Morgan fingerprint density at radius 2 is 2.17 bits per heavy atom. The first-order valence-electron chi connectivity index (χ1n) is 6.11. The van der Waals surface area contributed by atoms with Crippen molar-refractivity contribution in [2.45, 2.75) is 25.7 Å². The lowest BCUT2D eigenvalue weighted by Crippen LogP contribution is -2.04. The Hall–Kier alpha value is -1.75. The van der Waals surface area contributed by atoms with Crippen LogP contribution in [0.25, 0.3) is 20.4 Å². The Bertz CT molecular complexity index is 818. The topological polar surface area (TPSA) is 58.6 Å². The summed E-state index contributed by atoms with van der Waals surface area (Å²) in [5.74, 6) is 0. The van der Waals surface area contributed by atoms with Crippen LogP contribution in [0, 0.1) is 0 Å². The lowest BCUT2D eigenvalue weighted by molar-refractivity contribution is 0.672. The van der Waals surface area contributed by atoms with Crippen molar-refractivity contribution in [1.29, 1.82) is 0 Å². The first kappa shape index (κ1) is 10.2. The van der Waals surface area contributed by atoms with E-state index in [0.717, 1.165) is 28.6 Å². The number of aromatic nitrogens is 3. The number of H-pyrrole nitrogens is 1. The van der Waals surface area contributed by atoms with Gasteiger partial charge in [-0.2, -0.15) is 0 Å². The molecular formula is C13H11N3OS. The third-order valence-corrected chi connectivity index (χ3v) is 4.62. The fraction of sp³-hybridized carbons (Fsp3) is 0.308. The number of thiophene rings is 1. The molecule has 1 N–H and O–H groups in total. The van der Waals surface area contributed by atoms with Crippen LogP contribution in [0.2, 0.25) is 0 Å². The number of hydrogen-bond acceptors (Lipinski definition) is 4. The Labute approximate surface area is 107 Å². The minimum atomic E-state index is -0.0685. The summed E-state index contributed by atoms with van der Waals surface area (Å²) >= 11 is 1.44. The van der Waals surface area contributed by atoms with Gasteiger partial charge in [0.2, 0.25) is 0 Å². The zero-order chi connectivity index (χ0) is 12.1. The van der Waals surface area contributed by atoms with Crippen molar-refractivity contribution in [2.75, 3.05) is 0 Å². The number of nitrogens with one attached hydrogen (secondary N) is 1. The van der Waals surface area contributed by atoms with E-state index in [1.54, 1.807) is 0 Å². The number of fused-ring (bicyclic) bond motifs is 4. The van der Waals surface area contributed by atoms with Crippen LogP contribution in [-0.4, -0.2) is 15.0 Å². The number of rotatable bonds is 0. The third-order valence-electron chi connectivity index (χ3n) is 3.53. The maximum atomic E-state index is 11.8. The summed E-state index contributed by atoms with van der Waals surface area (Å²) in [5.41, 5.74) is 3.26. The third kappa shape index (κ3) is 1.34. The quantitative estimate of drug-likeness (QED) is 0.672. The summed E-state index contributed by atoms with van der Waals surface area (Å²) in [6.07, 6.45) is 6.07. The number of nitrogens with zero attached hydrogens (tertiary/aromatic N) is 2. The average Bonchev–Trinajstić information content (AvgIpc) is 2.76. The van der Waals surface area contributed by atoms with Gasteiger partial charge in [0, 0.05) is 11.1 Å². The highest BCUT2D eigenvalue weighted by Crippen LogP contribution is 2.32. The highest BCUT2D eigenvalue weighted by molar-refractivity contribution is 7.25. The van der Waals surface area contributed by atoms with Gasteiger partial charge in [0.25, 0.3) is 5.56 Å². The molecule has 0 aromatic carbocycles. The molecule has 4 nitrogen and oxygen atoms in total. The average molecular weight is 257 g/mol. The highest BCUT2D eigenvalue weighted by Gasteiger charge is 2.16. The lowest BCUT2D eigenvalue weighted by atomic mass is 9.95. The summed E-state index contributed by atoms with van der Waals surface area (Å²) in [6.45, 7) is 0. The largest absolute Gasteiger partial charge is 0.312 e. The standard InChI is InChI=1S/C13H11N3OS/c17-12-11-10(14-6-15-12)8-5-7-3-1-2-4-9(7)16-13(8)18-11/h5-6H,1-4H2,(H,14,15,17). The molecule has 18 heavy (non-hydrogen) atoms. The van der Waals surface area contributed by atoms with E-state index in [9.17, 15) is 4.79 Å². The Kier molecular flexibility index (Phi) is 2.05. The molecule has 5 heteroatoms. The van der Waals surface area contributed by atoms with Crippen LogP contribution in [-0.2, 0) is 12.8 Å². The van der Waals surface area contributed by atoms with E-state index in [2.05, 4.69) is 16.0 Å². The summed E-state index contributed by atoms with van der Waals surface area (Å²) in [4.78, 5) is 24.3. The SMILES string of the molecule is O=c1[nH]cnc2c1sc1nc3c(cc12)CCCC3. The van der Waals surface area contributed by atoms with Crippen molar-refractivity contribution in [2.24, 2.45) is 0 Å². The first-order chi connectivity index (χ1) is 8.83. The van der Waals surface area contributed by atoms with Crippen molar-refractivity contribution < 1.29 is 0 Å². The van der Waals surface area contributed by atoms with E-state index in [-0.39, 0.29) is 5.56 Å². The summed E-state index contributed by atoms with van der Waals surface area (Å²) in [5, 5.41) is 1.03. The second-order valence-electron chi connectivity index (χ2n) is 4.67. The lowest BCUT2D eigenvalue weighted by Gasteiger charge is -2.13. The van der Waals surface area contributed by atoms with Crippen molar-refractivity contribution in [3.05, 3.63) is 34.0 Å². The molecule has 0 spiro atoms. The molecule has 0 unspecified atom stereocenters. The molecule has 0 amide bonds. The molecule has 3 aromatic heterocycles. The van der Waals surface area contributed by atoms with Gasteiger partial charge in [0.1, 0.15) is 9.53 Å². The van der Waals surface area contributed by atoms with E-state index in [0.29, 0.717) is 4.70 Å². The van der Waals surface area contributed by atoms with E-state index in [1.165, 1.54) is 41.8 Å². The number of pyridine rings is 1. The highest BCUT2D eigenvalue weighted by atomic mass is 32.1. The van der Waals surface area contributed by atoms with Crippen molar-refractivity contribution >= 4 is 31.8 Å². The van der Waals surface area contributed by atoms with Crippen LogP contribution in [0.15, 0.2) is 17.2 Å².